The van der Waals surface area contributed by atoms with E-state index in [0.717, 1.165) is 28.3 Å². The van der Waals surface area contributed by atoms with Crippen LogP contribution in [0.3, 0.4) is 0 Å². The maximum atomic E-state index is 12.7. The minimum absolute atomic E-state index is 0.243. The van der Waals surface area contributed by atoms with Gasteiger partial charge in [-0.25, -0.2) is 4.98 Å². The zero-order valence-electron chi connectivity index (χ0n) is 16.6. The molecule has 2 aromatic heterocycles. The molecule has 3 N–H and O–H groups in total. The number of nitrogens with zero attached hydrogens (tertiary/aromatic N) is 3. The van der Waals surface area contributed by atoms with Crippen LogP contribution in [0.5, 0.6) is 0 Å². The summed E-state index contributed by atoms with van der Waals surface area (Å²) in [5.74, 6) is -0.243. The summed E-state index contributed by atoms with van der Waals surface area (Å²) < 4.78 is 39.7. The summed E-state index contributed by atoms with van der Waals surface area (Å²) in [6, 6.07) is 4.42. The molecular formula is C20H19F3N6OS. The highest BCUT2D eigenvalue weighted by molar-refractivity contribution is 7.15. The second kappa shape index (κ2) is 8.06. The van der Waals surface area contributed by atoms with Gasteiger partial charge in [-0.05, 0) is 37.3 Å². The third kappa shape index (κ3) is 4.71. The first-order valence-corrected chi connectivity index (χ1v) is 10.2. The van der Waals surface area contributed by atoms with Gasteiger partial charge in [0, 0.05) is 35.6 Å². The Labute approximate surface area is 180 Å². The molecule has 1 atom stereocenters. The van der Waals surface area contributed by atoms with Crippen molar-refractivity contribution in [2.24, 2.45) is 7.05 Å². The van der Waals surface area contributed by atoms with E-state index >= 15 is 0 Å². The summed E-state index contributed by atoms with van der Waals surface area (Å²) in [7, 11) is 1.83. The van der Waals surface area contributed by atoms with Gasteiger partial charge in [0.2, 0.25) is 0 Å². The molecule has 1 unspecified atom stereocenters. The quantitative estimate of drug-likeness (QED) is 0.550. The molecule has 0 spiro atoms. The first-order chi connectivity index (χ1) is 14.7. The monoisotopic (exact) mass is 448 g/mol. The number of carbonyl (C=O) groups excluding carboxylic acids is 1. The number of rotatable bonds is 5. The van der Waals surface area contributed by atoms with Crippen molar-refractivity contribution in [2.45, 2.75) is 25.7 Å². The number of anilines is 2. The van der Waals surface area contributed by atoms with Gasteiger partial charge in [0.1, 0.15) is 5.70 Å². The number of amides is 1. The lowest BCUT2D eigenvalue weighted by Gasteiger charge is -2.17. The number of nitrogens with one attached hydrogen (secondary N) is 3. The van der Waals surface area contributed by atoms with E-state index in [0.29, 0.717) is 23.1 Å². The van der Waals surface area contributed by atoms with E-state index in [-0.39, 0.29) is 11.9 Å². The molecule has 1 aliphatic heterocycles. The number of alkyl halides is 3. The molecule has 31 heavy (non-hydrogen) atoms. The van der Waals surface area contributed by atoms with Gasteiger partial charge in [-0.2, -0.15) is 18.3 Å². The average molecular weight is 448 g/mol. The summed E-state index contributed by atoms with van der Waals surface area (Å²) in [5, 5.41) is 13.8. The fraction of sp³-hybridized carbons (Fsp3) is 0.250. The molecule has 7 nitrogen and oxygen atoms in total. The molecule has 3 aromatic rings. The Balaban J connectivity index is 1.38. The van der Waals surface area contributed by atoms with E-state index in [1.807, 2.05) is 20.2 Å². The molecular weight excluding hydrogens is 429 g/mol. The molecule has 0 fully saturated rings. The van der Waals surface area contributed by atoms with Gasteiger partial charge in [-0.1, -0.05) is 11.3 Å². The zero-order chi connectivity index (χ0) is 22.2. The van der Waals surface area contributed by atoms with Crippen molar-refractivity contribution in [3.63, 3.8) is 0 Å². The van der Waals surface area contributed by atoms with E-state index in [2.05, 4.69) is 26.0 Å². The summed E-state index contributed by atoms with van der Waals surface area (Å²) in [5.41, 5.74) is 2.03. The number of carbonyl (C=O) groups is 1. The number of aromatic nitrogens is 3. The molecule has 4 rings (SSSR count). The van der Waals surface area contributed by atoms with Crippen molar-refractivity contribution in [2.75, 3.05) is 5.32 Å². The number of fused-ring (bicyclic) bond motifs is 1. The third-order valence-corrected chi connectivity index (χ3v) is 5.79. The lowest BCUT2D eigenvalue weighted by atomic mass is 10.1. The number of thiazole rings is 1. The molecule has 162 valence electrons. The Kier molecular flexibility index (Phi) is 5.44. The standard InChI is InChI=1S/C20H19F3N6OS/c1-11(26-18(30)15-7-12-10-29(2)28-16(12)8-24-15)17-9-25-19(31-17)27-14-5-3-13(4-6-14)20(21,22)23/h3-7,9-11,24H,8H2,1-2H3,(H,25,27)(H,26,30). The number of benzene rings is 1. The van der Waals surface area contributed by atoms with Gasteiger partial charge in [0.15, 0.2) is 5.13 Å². The van der Waals surface area contributed by atoms with Crippen molar-refractivity contribution in [3.8, 4) is 0 Å². The van der Waals surface area contributed by atoms with Crippen LogP contribution in [0, 0.1) is 0 Å². The summed E-state index contributed by atoms with van der Waals surface area (Å²) >= 11 is 1.31. The smallest absolute Gasteiger partial charge is 0.375 e. The largest absolute Gasteiger partial charge is 0.416 e. The van der Waals surface area contributed by atoms with Crippen LogP contribution < -0.4 is 16.0 Å². The Morgan fingerprint density at radius 3 is 2.74 bits per heavy atom. The summed E-state index contributed by atoms with van der Waals surface area (Å²) in [6.45, 7) is 2.32. The van der Waals surface area contributed by atoms with Crippen LogP contribution in [0.2, 0.25) is 0 Å². The van der Waals surface area contributed by atoms with Gasteiger partial charge < -0.3 is 16.0 Å². The molecule has 11 heteroatoms. The van der Waals surface area contributed by atoms with Crippen molar-refractivity contribution < 1.29 is 18.0 Å². The van der Waals surface area contributed by atoms with Gasteiger partial charge in [-0.15, -0.1) is 0 Å². The number of aryl methyl sites for hydroxylation is 1. The zero-order valence-corrected chi connectivity index (χ0v) is 17.4. The van der Waals surface area contributed by atoms with E-state index in [1.54, 1.807) is 17.0 Å². The van der Waals surface area contributed by atoms with E-state index < -0.39 is 11.7 Å². The van der Waals surface area contributed by atoms with Gasteiger partial charge in [0.05, 0.1) is 23.8 Å². The highest BCUT2D eigenvalue weighted by atomic mass is 32.1. The first-order valence-electron chi connectivity index (χ1n) is 9.38. The lowest BCUT2D eigenvalue weighted by Crippen LogP contribution is -2.34. The maximum Gasteiger partial charge on any atom is 0.416 e. The SMILES string of the molecule is CC(NC(=O)C1=Cc2cn(C)nc2CN1)c1cnc(Nc2ccc(C(F)(F)F)cc2)s1. The van der Waals surface area contributed by atoms with E-state index in [4.69, 9.17) is 0 Å². The molecule has 1 aliphatic rings. The Morgan fingerprint density at radius 2 is 2.03 bits per heavy atom. The molecule has 0 saturated carbocycles. The normalized spacial score (nSPS) is 14.3. The number of halogens is 3. The van der Waals surface area contributed by atoms with Crippen LogP contribution in [0.25, 0.3) is 6.08 Å². The molecule has 0 aliphatic carbocycles. The summed E-state index contributed by atoms with van der Waals surface area (Å²) in [6.07, 6.45) is 0.874. The summed E-state index contributed by atoms with van der Waals surface area (Å²) in [4.78, 5) is 17.7. The highest BCUT2D eigenvalue weighted by Gasteiger charge is 2.30. The van der Waals surface area contributed by atoms with Crippen LogP contribution in [0.4, 0.5) is 24.0 Å². The minimum atomic E-state index is -4.37. The predicted octanol–water partition coefficient (Wildman–Crippen LogP) is 3.96. The lowest BCUT2D eigenvalue weighted by molar-refractivity contribution is -0.137. The molecule has 0 radical (unpaired) electrons. The Bertz CT molecular complexity index is 1130. The molecule has 1 amide bonds. The molecule has 0 bridgehead atoms. The first kappa shape index (κ1) is 20.9. The second-order valence-corrected chi connectivity index (χ2v) is 8.14. The fourth-order valence-electron chi connectivity index (χ4n) is 3.10. The van der Waals surface area contributed by atoms with E-state index in [1.165, 1.54) is 23.5 Å². The van der Waals surface area contributed by atoms with Crippen LogP contribution >= 0.6 is 11.3 Å². The number of hydrogen-bond acceptors (Lipinski definition) is 6. The van der Waals surface area contributed by atoms with Gasteiger partial charge in [0.25, 0.3) is 5.91 Å². The average Bonchev–Trinajstić information content (AvgIpc) is 3.32. The number of hydrogen-bond donors (Lipinski definition) is 3. The fourth-order valence-corrected chi connectivity index (χ4v) is 3.94. The second-order valence-electron chi connectivity index (χ2n) is 7.08. The van der Waals surface area contributed by atoms with Gasteiger partial charge in [-0.3, -0.25) is 9.48 Å². The molecule has 3 heterocycles. The van der Waals surface area contributed by atoms with Crippen LogP contribution in [-0.4, -0.2) is 20.7 Å². The minimum Gasteiger partial charge on any atom is -0.375 e. The molecule has 0 saturated heterocycles. The van der Waals surface area contributed by atoms with Crippen molar-refractivity contribution in [3.05, 3.63) is 64.1 Å². The third-order valence-electron chi connectivity index (χ3n) is 4.69. The Hall–Kier alpha value is -3.34. The maximum absolute atomic E-state index is 12.7. The van der Waals surface area contributed by atoms with Crippen molar-refractivity contribution in [1.29, 1.82) is 0 Å². The van der Waals surface area contributed by atoms with Gasteiger partial charge >= 0.3 is 6.18 Å². The Morgan fingerprint density at radius 1 is 1.29 bits per heavy atom. The van der Waals surface area contributed by atoms with Crippen molar-refractivity contribution >= 4 is 34.1 Å². The highest BCUT2D eigenvalue weighted by Crippen LogP contribution is 2.31. The van der Waals surface area contributed by atoms with Crippen LogP contribution in [0.1, 0.15) is 34.7 Å². The molecule has 1 aromatic carbocycles. The predicted molar refractivity (Wildman–Crippen MR) is 111 cm³/mol. The topological polar surface area (TPSA) is 83.9 Å². The van der Waals surface area contributed by atoms with Crippen molar-refractivity contribution in [1.82, 2.24) is 25.4 Å². The van der Waals surface area contributed by atoms with Crippen LogP contribution in [0.15, 0.2) is 42.4 Å². The van der Waals surface area contributed by atoms with Crippen LogP contribution in [-0.2, 0) is 24.6 Å². The van der Waals surface area contributed by atoms with E-state index in [9.17, 15) is 18.0 Å².